The molecule has 1 heterocycles. The van der Waals surface area contributed by atoms with Gasteiger partial charge in [0.2, 0.25) is 0 Å². The van der Waals surface area contributed by atoms with Gasteiger partial charge in [-0.2, -0.15) is 0 Å². The van der Waals surface area contributed by atoms with Crippen molar-refractivity contribution in [1.82, 2.24) is 4.98 Å². The van der Waals surface area contributed by atoms with Crippen molar-refractivity contribution < 1.29 is 14.6 Å². The Labute approximate surface area is 128 Å². The van der Waals surface area contributed by atoms with Crippen molar-refractivity contribution in [2.24, 2.45) is 0 Å². The molecule has 0 N–H and O–H groups in total. The first-order chi connectivity index (χ1) is 10.6. The number of aryl methyl sites for hydroxylation is 1. The number of ether oxygens (including phenoxy) is 1. The van der Waals surface area contributed by atoms with Crippen LogP contribution < -0.4 is 9.84 Å². The number of hydrogen-bond donors (Lipinski definition) is 0. The number of aromatic nitrogens is 1. The van der Waals surface area contributed by atoms with E-state index in [0.717, 1.165) is 16.9 Å². The molecule has 4 nitrogen and oxygen atoms in total. The zero-order chi connectivity index (χ0) is 15.7. The van der Waals surface area contributed by atoms with Gasteiger partial charge in [0.05, 0.1) is 24.3 Å². The third kappa shape index (κ3) is 2.51. The third-order valence-electron chi connectivity index (χ3n) is 3.57. The zero-order valence-corrected chi connectivity index (χ0v) is 12.3. The van der Waals surface area contributed by atoms with Crippen LogP contribution in [0.15, 0.2) is 48.5 Å². The molecule has 22 heavy (non-hydrogen) atoms. The first-order valence-electron chi connectivity index (χ1n) is 6.85. The summed E-state index contributed by atoms with van der Waals surface area (Å²) in [6.07, 6.45) is 0. The number of methoxy groups -OCH3 is 1. The largest absolute Gasteiger partial charge is 0.545 e. The van der Waals surface area contributed by atoms with Gasteiger partial charge in [-0.05, 0) is 48.9 Å². The van der Waals surface area contributed by atoms with Gasteiger partial charge in [-0.15, -0.1) is 0 Å². The molecule has 3 aromatic rings. The summed E-state index contributed by atoms with van der Waals surface area (Å²) in [5.74, 6) is -0.466. The van der Waals surface area contributed by atoms with Crippen LogP contribution >= 0.6 is 0 Å². The van der Waals surface area contributed by atoms with E-state index in [1.165, 1.54) is 0 Å². The van der Waals surface area contributed by atoms with Gasteiger partial charge in [-0.1, -0.05) is 12.1 Å². The highest BCUT2D eigenvalue weighted by atomic mass is 16.5. The van der Waals surface area contributed by atoms with Gasteiger partial charge in [0.1, 0.15) is 5.75 Å². The number of hydrogen-bond acceptors (Lipinski definition) is 4. The minimum absolute atomic E-state index is 0.149. The quantitative estimate of drug-likeness (QED) is 0.744. The molecule has 0 saturated heterocycles. The molecule has 4 heteroatoms. The zero-order valence-electron chi connectivity index (χ0n) is 12.3. The Kier molecular flexibility index (Phi) is 3.51. The van der Waals surface area contributed by atoms with Crippen molar-refractivity contribution >= 4 is 16.9 Å². The van der Waals surface area contributed by atoms with Crippen molar-refractivity contribution in [3.05, 3.63) is 59.7 Å². The Bertz CT molecular complexity index is 854. The Morgan fingerprint density at radius 3 is 2.45 bits per heavy atom. The average molecular weight is 292 g/mol. The number of nitrogens with zero attached hydrogens (tertiary/aromatic N) is 1. The van der Waals surface area contributed by atoms with Gasteiger partial charge in [-0.25, -0.2) is 4.98 Å². The summed E-state index contributed by atoms with van der Waals surface area (Å²) in [5.41, 5.74) is 3.24. The molecule has 0 unspecified atom stereocenters. The molecule has 0 aliphatic carbocycles. The summed E-state index contributed by atoms with van der Waals surface area (Å²) in [7, 11) is 1.60. The van der Waals surface area contributed by atoms with Crippen molar-refractivity contribution in [2.75, 3.05) is 7.11 Å². The van der Waals surface area contributed by atoms with Crippen LogP contribution in [-0.2, 0) is 0 Å². The highest BCUT2D eigenvalue weighted by molar-refractivity contribution is 6.03. The number of carboxylic acids is 1. The number of carboxylic acid groups (broad SMARTS) is 1. The molecule has 0 atom stereocenters. The molecule has 0 aliphatic heterocycles. The number of benzene rings is 2. The molecule has 110 valence electrons. The molecule has 0 amide bonds. The Balaban J connectivity index is 2.22. The van der Waals surface area contributed by atoms with Crippen LogP contribution in [0.3, 0.4) is 0 Å². The van der Waals surface area contributed by atoms with Gasteiger partial charge in [0, 0.05) is 16.5 Å². The molecule has 1 aromatic heterocycles. The summed E-state index contributed by atoms with van der Waals surface area (Å²) >= 11 is 0. The fourth-order valence-corrected chi connectivity index (χ4v) is 2.42. The lowest BCUT2D eigenvalue weighted by Crippen LogP contribution is -2.22. The van der Waals surface area contributed by atoms with Gasteiger partial charge in [0.25, 0.3) is 0 Å². The van der Waals surface area contributed by atoms with Crippen molar-refractivity contribution in [2.45, 2.75) is 6.92 Å². The minimum atomic E-state index is -1.20. The molecule has 0 saturated carbocycles. The number of pyridine rings is 1. The van der Waals surface area contributed by atoms with Crippen LogP contribution in [0.5, 0.6) is 5.75 Å². The number of carbonyl (C=O) groups excluding carboxylic acids is 1. The molecule has 3 rings (SSSR count). The molecular weight excluding hydrogens is 278 g/mol. The SMILES string of the molecule is COc1ccc(-c2cc(C(=O)[O-])c3ccc(C)cc3n2)cc1. The van der Waals surface area contributed by atoms with E-state index >= 15 is 0 Å². The predicted octanol–water partition coefficient (Wildman–Crippen LogP) is 2.58. The van der Waals surface area contributed by atoms with E-state index in [-0.39, 0.29) is 5.56 Å². The summed E-state index contributed by atoms with van der Waals surface area (Å²) in [6.45, 7) is 1.94. The van der Waals surface area contributed by atoms with Gasteiger partial charge in [0.15, 0.2) is 0 Å². The molecule has 0 fully saturated rings. The first-order valence-corrected chi connectivity index (χ1v) is 6.85. The third-order valence-corrected chi connectivity index (χ3v) is 3.57. The van der Waals surface area contributed by atoms with Crippen molar-refractivity contribution in [1.29, 1.82) is 0 Å². The van der Waals surface area contributed by atoms with Crippen molar-refractivity contribution in [3.63, 3.8) is 0 Å². The molecular formula is C18H14NO3-. The maximum Gasteiger partial charge on any atom is 0.118 e. The van der Waals surface area contributed by atoms with E-state index in [2.05, 4.69) is 4.98 Å². The van der Waals surface area contributed by atoms with Crippen LogP contribution in [0.25, 0.3) is 22.2 Å². The Hall–Kier alpha value is -2.88. The normalized spacial score (nSPS) is 10.6. The van der Waals surface area contributed by atoms with Crippen LogP contribution in [0.2, 0.25) is 0 Å². The van der Waals surface area contributed by atoms with Crippen molar-refractivity contribution in [3.8, 4) is 17.0 Å². The van der Waals surface area contributed by atoms with Crippen LogP contribution in [0.1, 0.15) is 15.9 Å². The van der Waals surface area contributed by atoms with E-state index in [9.17, 15) is 9.90 Å². The summed E-state index contributed by atoms with van der Waals surface area (Å²) in [4.78, 5) is 16.0. The fraction of sp³-hybridized carbons (Fsp3) is 0.111. The maximum atomic E-state index is 11.4. The smallest absolute Gasteiger partial charge is 0.118 e. The fourth-order valence-electron chi connectivity index (χ4n) is 2.42. The van der Waals surface area contributed by atoms with E-state index in [4.69, 9.17) is 4.74 Å². The molecule has 0 radical (unpaired) electrons. The van der Waals surface area contributed by atoms with E-state index in [0.29, 0.717) is 16.6 Å². The number of aromatic carboxylic acids is 1. The lowest BCUT2D eigenvalue weighted by molar-refractivity contribution is -0.254. The molecule has 0 bridgehead atoms. The van der Waals surface area contributed by atoms with Crippen LogP contribution in [-0.4, -0.2) is 18.1 Å². The molecule has 0 spiro atoms. The standard InChI is InChI=1S/C18H15NO3/c1-11-3-8-14-15(18(20)21)10-16(19-17(14)9-11)12-4-6-13(22-2)7-5-12/h3-10H,1-2H3,(H,20,21)/p-1. The summed E-state index contributed by atoms with van der Waals surface area (Å²) in [5, 5.41) is 12.0. The number of carbonyl (C=O) groups is 1. The highest BCUT2D eigenvalue weighted by Crippen LogP contribution is 2.26. The Morgan fingerprint density at radius 1 is 1.09 bits per heavy atom. The first kappa shape index (κ1) is 14.1. The summed E-state index contributed by atoms with van der Waals surface area (Å²) < 4.78 is 5.13. The number of rotatable bonds is 3. The number of fused-ring (bicyclic) bond motifs is 1. The van der Waals surface area contributed by atoms with Gasteiger partial charge in [-0.3, -0.25) is 0 Å². The minimum Gasteiger partial charge on any atom is -0.545 e. The lowest BCUT2D eigenvalue weighted by Gasteiger charge is -2.11. The second-order valence-electron chi connectivity index (χ2n) is 5.09. The summed E-state index contributed by atoms with van der Waals surface area (Å²) in [6, 6.07) is 14.4. The second kappa shape index (κ2) is 5.48. The molecule has 0 aliphatic rings. The average Bonchev–Trinajstić information content (AvgIpc) is 2.53. The van der Waals surface area contributed by atoms with E-state index in [1.54, 1.807) is 19.2 Å². The predicted molar refractivity (Wildman–Crippen MR) is 82.8 cm³/mol. The maximum absolute atomic E-state index is 11.4. The lowest BCUT2D eigenvalue weighted by atomic mass is 10.0. The highest BCUT2D eigenvalue weighted by Gasteiger charge is 2.09. The second-order valence-corrected chi connectivity index (χ2v) is 5.09. The molecule has 2 aromatic carbocycles. The van der Waals surface area contributed by atoms with Gasteiger partial charge >= 0.3 is 0 Å². The van der Waals surface area contributed by atoms with Gasteiger partial charge < -0.3 is 14.6 Å². The van der Waals surface area contributed by atoms with E-state index in [1.807, 2.05) is 43.3 Å². The van der Waals surface area contributed by atoms with E-state index < -0.39 is 5.97 Å². The van der Waals surface area contributed by atoms with Crippen LogP contribution in [0, 0.1) is 6.92 Å². The Morgan fingerprint density at radius 2 is 1.82 bits per heavy atom. The van der Waals surface area contributed by atoms with Crippen LogP contribution in [0.4, 0.5) is 0 Å². The monoisotopic (exact) mass is 292 g/mol. The topological polar surface area (TPSA) is 62.2 Å².